The van der Waals surface area contributed by atoms with Crippen LogP contribution in [0.3, 0.4) is 0 Å². The summed E-state index contributed by atoms with van der Waals surface area (Å²) in [5, 5.41) is 0.494. The molecule has 1 fully saturated rings. The van der Waals surface area contributed by atoms with E-state index in [0.29, 0.717) is 28.1 Å². The average Bonchev–Trinajstić information content (AvgIpc) is 2.95. The van der Waals surface area contributed by atoms with E-state index in [9.17, 15) is 27.2 Å². The summed E-state index contributed by atoms with van der Waals surface area (Å²) in [6, 6.07) is 15.5. The number of piperidine rings is 1. The van der Waals surface area contributed by atoms with Crippen LogP contribution < -0.4 is 9.64 Å². The molecule has 0 bridgehead atoms. The number of hydrogen-bond acceptors (Lipinski definition) is 4. The van der Waals surface area contributed by atoms with Crippen molar-refractivity contribution in [1.82, 2.24) is 9.80 Å². The summed E-state index contributed by atoms with van der Waals surface area (Å²) >= 11 is 6.00. The topological polar surface area (TPSA) is 62.3 Å². The number of anilines is 1. The lowest BCUT2D eigenvalue weighted by Gasteiger charge is -2.43. The lowest BCUT2D eigenvalue weighted by atomic mass is 9.85. The SMILES string of the molecule is CN(C(=O)N(C)[C@@H]1CCN(C(=O)OC(C)(C)C)C[C@H]1c1ccc(F)cc1)c1cc(-c2ccc(Cl)cc2)ccc1OC(F)(F)F. The Hall–Kier alpha value is -3.99. The van der Waals surface area contributed by atoms with E-state index >= 15 is 0 Å². The van der Waals surface area contributed by atoms with E-state index < -0.39 is 47.6 Å². The molecule has 0 unspecified atom stereocenters. The zero-order valence-corrected chi connectivity index (χ0v) is 25.7. The largest absolute Gasteiger partial charge is 0.573 e. The Morgan fingerprint density at radius 2 is 1.55 bits per heavy atom. The Balaban J connectivity index is 1.66. The molecule has 3 amide bonds. The summed E-state index contributed by atoms with van der Waals surface area (Å²) in [4.78, 5) is 30.9. The van der Waals surface area contributed by atoms with Crippen molar-refractivity contribution in [2.45, 2.75) is 51.1 Å². The second-order valence-corrected chi connectivity index (χ2v) is 12.1. The number of halogens is 5. The maximum Gasteiger partial charge on any atom is 0.573 e. The highest BCUT2D eigenvalue weighted by atomic mass is 35.5. The van der Waals surface area contributed by atoms with Crippen LogP contribution in [-0.2, 0) is 4.74 Å². The third-order valence-corrected chi connectivity index (χ3v) is 7.59. The molecule has 1 heterocycles. The van der Waals surface area contributed by atoms with Crippen molar-refractivity contribution in [3.05, 3.63) is 83.1 Å². The van der Waals surface area contributed by atoms with Gasteiger partial charge in [0.25, 0.3) is 0 Å². The number of hydrogen-bond donors (Lipinski definition) is 0. The highest BCUT2D eigenvalue weighted by Gasteiger charge is 2.39. The van der Waals surface area contributed by atoms with Crippen molar-refractivity contribution in [2.75, 3.05) is 32.1 Å². The number of rotatable bonds is 5. The molecule has 4 rings (SSSR count). The molecule has 0 aromatic heterocycles. The number of likely N-dealkylation sites (N-methyl/N-ethyl adjacent to an activating group) is 1. The van der Waals surface area contributed by atoms with Gasteiger partial charge in [0, 0.05) is 44.2 Å². The second-order valence-electron chi connectivity index (χ2n) is 11.6. The highest BCUT2D eigenvalue weighted by molar-refractivity contribution is 6.30. The fourth-order valence-electron chi connectivity index (χ4n) is 5.23. The van der Waals surface area contributed by atoms with Gasteiger partial charge < -0.3 is 19.3 Å². The van der Waals surface area contributed by atoms with Gasteiger partial charge in [-0.2, -0.15) is 0 Å². The first-order chi connectivity index (χ1) is 20.5. The van der Waals surface area contributed by atoms with Gasteiger partial charge in [-0.05, 0) is 80.3 Å². The predicted octanol–water partition coefficient (Wildman–Crippen LogP) is 8.33. The van der Waals surface area contributed by atoms with Crippen LogP contribution in [0.15, 0.2) is 66.7 Å². The van der Waals surface area contributed by atoms with E-state index in [0.717, 1.165) is 11.0 Å². The summed E-state index contributed by atoms with van der Waals surface area (Å²) < 4.78 is 63.7. The molecule has 0 spiro atoms. The molecule has 3 aromatic carbocycles. The van der Waals surface area contributed by atoms with Crippen LogP contribution in [0.1, 0.15) is 38.7 Å². The minimum atomic E-state index is -4.99. The van der Waals surface area contributed by atoms with Crippen molar-refractivity contribution >= 4 is 29.4 Å². The highest BCUT2D eigenvalue weighted by Crippen LogP contribution is 2.38. The third kappa shape index (κ3) is 8.13. The summed E-state index contributed by atoms with van der Waals surface area (Å²) in [6.07, 6.45) is -5.16. The van der Waals surface area contributed by atoms with Crippen molar-refractivity contribution in [3.8, 4) is 16.9 Å². The van der Waals surface area contributed by atoms with E-state index in [2.05, 4.69) is 4.74 Å². The molecule has 1 aliphatic heterocycles. The van der Waals surface area contributed by atoms with E-state index in [4.69, 9.17) is 16.3 Å². The van der Waals surface area contributed by atoms with Crippen LogP contribution in [0.25, 0.3) is 11.1 Å². The zero-order chi connectivity index (χ0) is 32.4. The van der Waals surface area contributed by atoms with Gasteiger partial charge in [0.1, 0.15) is 11.4 Å². The molecule has 0 saturated carbocycles. The van der Waals surface area contributed by atoms with Crippen LogP contribution in [0.4, 0.5) is 32.8 Å². The zero-order valence-electron chi connectivity index (χ0n) is 25.0. The molecule has 44 heavy (non-hydrogen) atoms. The van der Waals surface area contributed by atoms with Crippen LogP contribution in [-0.4, -0.2) is 67.1 Å². The molecule has 1 saturated heterocycles. The smallest absolute Gasteiger partial charge is 0.444 e. The number of benzene rings is 3. The molecule has 0 N–H and O–H groups in total. The molecular formula is C32H34ClF4N3O4. The first-order valence-corrected chi connectivity index (χ1v) is 14.3. The Bertz CT molecular complexity index is 1480. The van der Waals surface area contributed by atoms with Crippen molar-refractivity contribution in [2.24, 2.45) is 0 Å². The van der Waals surface area contributed by atoms with Gasteiger partial charge in [0.05, 0.1) is 5.69 Å². The van der Waals surface area contributed by atoms with Crippen LogP contribution in [0, 0.1) is 5.82 Å². The number of carbonyl (C=O) groups is 2. The van der Waals surface area contributed by atoms with E-state index in [1.807, 2.05) is 0 Å². The maximum absolute atomic E-state index is 13.9. The Morgan fingerprint density at radius 1 is 0.932 bits per heavy atom. The maximum atomic E-state index is 13.9. The summed E-state index contributed by atoms with van der Waals surface area (Å²) in [6.45, 7) is 5.73. The standard InChI is InChI=1S/C32H34ClF4N3O4/c1-31(2,3)44-30(42)40-17-16-26(25(19-40)21-8-13-24(34)14-9-21)38(4)29(41)39(5)27-18-22(20-6-11-23(33)12-7-20)10-15-28(27)43-32(35,36)37/h6-15,18,25-26H,16-17,19H2,1-5H3/t25-,26+/m0/s1. The molecule has 12 heteroatoms. The van der Waals surface area contributed by atoms with Crippen LogP contribution >= 0.6 is 11.6 Å². The second kappa shape index (κ2) is 12.9. The van der Waals surface area contributed by atoms with E-state index in [1.165, 1.54) is 36.2 Å². The normalized spacial score (nSPS) is 17.2. The molecule has 3 aromatic rings. The first-order valence-electron chi connectivity index (χ1n) is 13.9. The average molecular weight is 636 g/mol. The number of amides is 3. The van der Waals surface area contributed by atoms with Gasteiger partial charge in [0.2, 0.25) is 0 Å². The lowest BCUT2D eigenvalue weighted by Crippen LogP contribution is -2.54. The van der Waals surface area contributed by atoms with Crippen molar-refractivity contribution in [1.29, 1.82) is 0 Å². The third-order valence-electron chi connectivity index (χ3n) is 7.34. The molecule has 1 aliphatic rings. The van der Waals surface area contributed by atoms with E-state index in [-0.39, 0.29) is 18.8 Å². The van der Waals surface area contributed by atoms with Gasteiger partial charge in [-0.3, -0.25) is 4.90 Å². The van der Waals surface area contributed by atoms with Crippen molar-refractivity contribution < 1.29 is 36.6 Å². The minimum absolute atomic E-state index is 0.101. The monoisotopic (exact) mass is 635 g/mol. The van der Waals surface area contributed by atoms with Gasteiger partial charge in [0.15, 0.2) is 5.75 Å². The number of alkyl halides is 3. The Kier molecular flexibility index (Phi) is 9.68. The number of likely N-dealkylation sites (tertiary alicyclic amines) is 1. The lowest BCUT2D eigenvalue weighted by molar-refractivity contribution is -0.274. The predicted molar refractivity (Wildman–Crippen MR) is 160 cm³/mol. The molecular weight excluding hydrogens is 602 g/mol. The number of urea groups is 1. The van der Waals surface area contributed by atoms with Crippen LogP contribution in [0.5, 0.6) is 5.75 Å². The number of nitrogens with zero attached hydrogens (tertiary/aromatic N) is 3. The first kappa shape index (κ1) is 32.9. The summed E-state index contributed by atoms with van der Waals surface area (Å²) in [5.41, 5.74) is 1.09. The molecule has 236 valence electrons. The fourth-order valence-corrected chi connectivity index (χ4v) is 5.35. The number of carbonyl (C=O) groups excluding carboxylic acids is 2. The fraction of sp³-hybridized carbons (Fsp3) is 0.375. The molecule has 0 radical (unpaired) electrons. The number of ether oxygens (including phenoxy) is 2. The van der Waals surface area contributed by atoms with E-state index in [1.54, 1.807) is 69.1 Å². The Labute approximate surface area is 258 Å². The Morgan fingerprint density at radius 3 is 2.14 bits per heavy atom. The van der Waals surface area contributed by atoms with Crippen molar-refractivity contribution in [3.63, 3.8) is 0 Å². The summed E-state index contributed by atoms with van der Waals surface area (Å²) in [7, 11) is 2.92. The summed E-state index contributed by atoms with van der Waals surface area (Å²) in [5.74, 6) is -1.42. The van der Waals surface area contributed by atoms with Crippen LogP contribution in [0.2, 0.25) is 5.02 Å². The quantitative estimate of drug-likeness (QED) is 0.265. The van der Waals surface area contributed by atoms with Gasteiger partial charge in [-0.15, -0.1) is 13.2 Å². The minimum Gasteiger partial charge on any atom is -0.444 e. The molecule has 7 nitrogen and oxygen atoms in total. The van der Waals surface area contributed by atoms with Gasteiger partial charge >= 0.3 is 18.5 Å². The molecule has 2 atom stereocenters. The molecule has 0 aliphatic carbocycles. The van der Waals surface area contributed by atoms with Gasteiger partial charge in [-0.1, -0.05) is 41.9 Å². The van der Waals surface area contributed by atoms with Gasteiger partial charge in [-0.25, -0.2) is 14.0 Å².